The molecule has 0 aromatic carbocycles. The van der Waals surface area contributed by atoms with Crippen LogP contribution in [0.25, 0.3) is 0 Å². The summed E-state index contributed by atoms with van der Waals surface area (Å²) in [6.07, 6.45) is 2.63. The van der Waals surface area contributed by atoms with Gasteiger partial charge in [0, 0.05) is 12.6 Å². The number of carboxylic acids is 1. The average molecular weight is 372 g/mol. The summed E-state index contributed by atoms with van der Waals surface area (Å²) in [5.41, 5.74) is -0.601. The number of likely N-dealkylation sites (tertiary alicyclic amines) is 1. The van der Waals surface area contributed by atoms with E-state index in [-0.39, 0.29) is 11.1 Å². The SMILES string of the molecule is CC(C)(C)OC(=O)N1CC[C@H](O[Si](C)(C)C(C)(C)C)[C@H]1/C=C/C(=O)O. The Balaban J connectivity index is 3.03. The Morgan fingerprint density at radius 2 is 1.72 bits per heavy atom. The molecule has 25 heavy (non-hydrogen) atoms. The molecular formula is C18H33NO5Si. The van der Waals surface area contributed by atoms with Crippen LogP contribution in [0.15, 0.2) is 12.2 Å². The summed E-state index contributed by atoms with van der Waals surface area (Å²) in [6, 6.07) is -0.430. The van der Waals surface area contributed by atoms with E-state index >= 15 is 0 Å². The fourth-order valence-corrected chi connectivity index (χ4v) is 3.78. The molecule has 6 nitrogen and oxygen atoms in total. The van der Waals surface area contributed by atoms with E-state index in [1.807, 2.05) is 20.8 Å². The van der Waals surface area contributed by atoms with Crippen molar-refractivity contribution in [3.8, 4) is 0 Å². The number of amides is 1. The number of rotatable bonds is 4. The maximum Gasteiger partial charge on any atom is 0.410 e. The van der Waals surface area contributed by atoms with E-state index in [2.05, 4.69) is 33.9 Å². The van der Waals surface area contributed by atoms with Gasteiger partial charge in [-0.15, -0.1) is 0 Å². The second-order valence-corrected chi connectivity index (χ2v) is 13.8. The molecule has 0 aliphatic carbocycles. The quantitative estimate of drug-likeness (QED) is 0.596. The standard InChI is InChI=1S/C18H33NO5Si/c1-17(2,3)23-16(22)19-12-11-14(13(19)9-10-15(20)21)24-25(7,8)18(4,5)6/h9-10,13-14H,11-12H2,1-8H3,(H,20,21)/b10-9+/t13-,14+/m1/s1. The van der Waals surface area contributed by atoms with E-state index in [1.165, 1.54) is 6.08 Å². The van der Waals surface area contributed by atoms with Crippen molar-refractivity contribution < 1.29 is 23.9 Å². The molecule has 1 rings (SSSR count). The second-order valence-electron chi connectivity index (χ2n) is 9.07. The lowest BCUT2D eigenvalue weighted by Gasteiger charge is -2.40. The first-order chi connectivity index (χ1) is 11.1. The Kier molecular flexibility index (Phi) is 6.50. The number of nitrogens with zero attached hydrogens (tertiary/aromatic N) is 1. The lowest BCUT2D eigenvalue weighted by Crippen LogP contribution is -2.48. The maximum absolute atomic E-state index is 12.5. The molecule has 0 bridgehead atoms. The van der Waals surface area contributed by atoms with Crippen molar-refractivity contribution >= 4 is 20.4 Å². The molecule has 1 amide bonds. The Morgan fingerprint density at radius 1 is 1.16 bits per heavy atom. The van der Waals surface area contributed by atoms with E-state index < -0.39 is 32.0 Å². The first kappa shape index (κ1) is 21.7. The minimum absolute atomic E-state index is 0.0351. The van der Waals surface area contributed by atoms with Crippen molar-refractivity contribution in [1.29, 1.82) is 0 Å². The molecule has 2 atom stereocenters. The average Bonchev–Trinajstić information content (AvgIpc) is 2.75. The van der Waals surface area contributed by atoms with Crippen LogP contribution >= 0.6 is 0 Å². The zero-order valence-corrected chi connectivity index (χ0v) is 17.8. The van der Waals surface area contributed by atoms with Crippen LogP contribution in [0.2, 0.25) is 18.1 Å². The zero-order chi connectivity index (χ0) is 19.6. The lowest BCUT2D eigenvalue weighted by molar-refractivity contribution is -0.131. The lowest BCUT2D eigenvalue weighted by atomic mass is 10.1. The van der Waals surface area contributed by atoms with Gasteiger partial charge in [-0.3, -0.25) is 4.90 Å². The predicted octanol–water partition coefficient (Wildman–Crippen LogP) is 4.03. The van der Waals surface area contributed by atoms with Gasteiger partial charge in [0.05, 0.1) is 12.1 Å². The fraction of sp³-hybridized carbons (Fsp3) is 0.778. The highest BCUT2D eigenvalue weighted by atomic mass is 28.4. The monoisotopic (exact) mass is 371 g/mol. The molecule has 0 aromatic heterocycles. The zero-order valence-electron chi connectivity index (χ0n) is 16.8. The van der Waals surface area contributed by atoms with Gasteiger partial charge in [0.1, 0.15) is 5.60 Å². The number of carboxylic acid groups (broad SMARTS) is 1. The Labute approximate surface area is 152 Å². The van der Waals surface area contributed by atoms with Gasteiger partial charge >= 0.3 is 12.1 Å². The van der Waals surface area contributed by atoms with Crippen LogP contribution in [-0.4, -0.2) is 54.7 Å². The number of carbonyl (C=O) groups excluding carboxylic acids is 1. The van der Waals surface area contributed by atoms with Gasteiger partial charge < -0.3 is 14.3 Å². The highest BCUT2D eigenvalue weighted by Crippen LogP contribution is 2.39. The number of hydrogen-bond donors (Lipinski definition) is 1. The number of hydrogen-bond acceptors (Lipinski definition) is 4. The number of carbonyl (C=O) groups is 2. The molecule has 144 valence electrons. The van der Waals surface area contributed by atoms with Crippen molar-refractivity contribution in [2.24, 2.45) is 0 Å². The summed E-state index contributed by atoms with van der Waals surface area (Å²) in [7, 11) is -2.04. The van der Waals surface area contributed by atoms with Crippen LogP contribution < -0.4 is 0 Å². The molecular weight excluding hydrogens is 338 g/mol. The summed E-state index contributed by atoms with van der Waals surface area (Å²) in [6.45, 7) is 16.7. The van der Waals surface area contributed by atoms with E-state index in [1.54, 1.807) is 4.90 Å². The maximum atomic E-state index is 12.5. The topological polar surface area (TPSA) is 76.1 Å². The Bertz CT molecular complexity index is 531. The Morgan fingerprint density at radius 3 is 2.16 bits per heavy atom. The van der Waals surface area contributed by atoms with Crippen molar-refractivity contribution in [1.82, 2.24) is 4.90 Å². The summed E-state index contributed by atoms with van der Waals surface area (Å²) in [5, 5.41) is 9.01. The molecule has 1 N–H and O–H groups in total. The first-order valence-corrected chi connectivity index (χ1v) is 11.6. The molecule has 0 aromatic rings. The molecule has 0 saturated carbocycles. The molecule has 1 aliphatic heterocycles. The highest BCUT2D eigenvalue weighted by Gasteiger charge is 2.45. The van der Waals surface area contributed by atoms with Crippen LogP contribution in [-0.2, 0) is 14.0 Å². The van der Waals surface area contributed by atoms with Gasteiger partial charge in [0.25, 0.3) is 0 Å². The van der Waals surface area contributed by atoms with E-state index in [4.69, 9.17) is 14.3 Å². The van der Waals surface area contributed by atoms with E-state index in [0.717, 1.165) is 6.08 Å². The largest absolute Gasteiger partial charge is 0.478 e. The van der Waals surface area contributed by atoms with Crippen LogP contribution in [0, 0.1) is 0 Å². The van der Waals surface area contributed by atoms with Crippen LogP contribution in [0.1, 0.15) is 48.0 Å². The molecule has 0 unspecified atom stereocenters. The fourth-order valence-electron chi connectivity index (χ4n) is 2.41. The normalized spacial score (nSPS) is 22.5. The second kappa shape index (κ2) is 7.49. The molecule has 1 aliphatic rings. The van der Waals surface area contributed by atoms with Crippen molar-refractivity contribution in [2.45, 2.75) is 83.8 Å². The van der Waals surface area contributed by atoms with Gasteiger partial charge in [-0.1, -0.05) is 26.8 Å². The number of ether oxygens (including phenoxy) is 1. The third-order valence-corrected chi connectivity index (χ3v) is 9.22. The molecule has 1 fully saturated rings. The van der Waals surface area contributed by atoms with Crippen LogP contribution in [0.5, 0.6) is 0 Å². The summed E-state index contributed by atoms with van der Waals surface area (Å²) < 4.78 is 11.9. The summed E-state index contributed by atoms with van der Waals surface area (Å²) >= 11 is 0. The van der Waals surface area contributed by atoms with Gasteiger partial charge in [-0.05, 0) is 45.3 Å². The van der Waals surface area contributed by atoms with E-state index in [9.17, 15) is 9.59 Å². The molecule has 7 heteroatoms. The molecule has 1 heterocycles. The smallest absolute Gasteiger partial charge is 0.410 e. The van der Waals surface area contributed by atoms with Gasteiger partial charge in [-0.25, -0.2) is 9.59 Å². The highest BCUT2D eigenvalue weighted by molar-refractivity contribution is 6.74. The summed E-state index contributed by atoms with van der Waals surface area (Å²) in [5.74, 6) is -1.04. The third-order valence-electron chi connectivity index (χ3n) is 4.71. The minimum atomic E-state index is -2.04. The summed E-state index contributed by atoms with van der Waals surface area (Å²) in [4.78, 5) is 25.0. The van der Waals surface area contributed by atoms with Crippen molar-refractivity contribution in [2.75, 3.05) is 6.54 Å². The predicted molar refractivity (Wildman–Crippen MR) is 100 cm³/mol. The van der Waals surface area contributed by atoms with Gasteiger partial charge in [0.15, 0.2) is 8.32 Å². The minimum Gasteiger partial charge on any atom is -0.478 e. The van der Waals surface area contributed by atoms with Gasteiger partial charge in [0.2, 0.25) is 0 Å². The number of aliphatic carboxylic acids is 1. The van der Waals surface area contributed by atoms with Crippen molar-refractivity contribution in [3.05, 3.63) is 12.2 Å². The van der Waals surface area contributed by atoms with Crippen LogP contribution in [0.3, 0.4) is 0 Å². The molecule has 1 saturated heterocycles. The van der Waals surface area contributed by atoms with Crippen molar-refractivity contribution in [3.63, 3.8) is 0 Å². The third kappa shape index (κ3) is 6.15. The molecule has 0 spiro atoms. The first-order valence-electron chi connectivity index (χ1n) is 8.72. The Hall–Kier alpha value is -1.34. The van der Waals surface area contributed by atoms with Crippen LogP contribution in [0.4, 0.5) is 4.79 Å². The van der Waals surface area contributed by atoms with Gasteiger partial charge in [-0.2, -0.15) is 0 Å². The molecule has 0 radical (unpaired) electrons. The van der Waals surface area contributed by atoms with E-state index in [0.29, 0.717) is 13.0 Å².